The van der Waals surface area contributed by atoms with E-state index < -0.39 is 0 Å². The Hall–Kier alpha value is -0.650. The Labute approximate surface area is 115 Å². The number of carbonyl (C=O) groups excluding carboxylic acids is 1. The molecule has 2 fully saturated rings. The molecule has 1 amide bonds. The smallest absolute Gasteiger partial charge is 0.228 e. The van der Waals surface area contributed by atoms with Gasteiger partial charge in [0.15, 0.2) is 0 Å². The molecule has 2 rings (SSSR count). The maximum atomic E-state index is 12.7. The summed E-state index contributed by atoms with van der Waals surface area (Å²) in [6.07, 6.45) is 0.148. The van der Waals surface area contributed by atoms with Crippen molar-refractivity contribution >= 4 is 5.91 Å². The number of hydrogen-bond acceptors (Lipinski definition) is 4. The summed E-state index contributed by atoms with van der Waals surface area (Å²) in [6, 6.07) is 0. The average molecular weight is 270 g/mol. The number of nitrogens with zero attached hydrogens (tertiary/aromatic N) is 1. The highest BCUT2D eigenvalue weighted by Gasteiger charge is 2.44. The summed E-state index contributed by atoms with van der Waals surface area (Å²) in [5.41, 5.74) is 5.67. The molecule has 110 valence electrons. The lowest BCUT2D eigenvalue weighted by Gasteiger charge is -2.38. The highest BCUT2D eigenvalue weighted by molar-refractivity contribution is 5.80. The van der Waals surface area contributed by atoms with Crippen molar-refractivity contribution in [1.82, 2.24) is 4.90 Å². The topological polar surface area (TPSA) is 64.8 Å². The Morgan fingerprint density at radius 2 is 1.84 bits per heavy atom. The number of nitrogens with two attached hydrogens (primary N) is 1. The molecular formula is C14H26N2O3. The van der Waals surface area contributed by atoms with Crippen LogP contribution < -0.4 is 5.73 Å². The van der Waals surface area contributed by atoms with Gasteiger partial charge in [-0.15, -0.1) is 0 Å². The lowest BCUT2D eigenvalue weighted by molar-refractivity contribution is -0.150. The predicted molar refractivity (Wildman–Crippen MR) is 72.6 cm³/mol. The van der Waals surface area contributed by atoms with Crippen LogP contribution in [0.4, 0.5) is 0 Å². The van der Waals surface area contributed by atoms with Gasteiger partial charge in [0.1, 0.15) is 0 Å². The van der Waals surface area contributed by atoms with E-state index in [2.05, 4.69) is 6.92 Å². The molecule has 2 saturated heterocycles. The molecule has 19 heavy (non-hydrogen) atoms. The number of ether oxygens (including phenoxy) is 2. The summed E-state index contributed by atoms with van der Waals surface area (Å²) >= 11 is 0. The molecule has 2 aliphatic rings. The van der Waals surface area contributed by atoms with Gasteiger partial charge >= 0.3 is 0 Å². The molecule has 2 heterocycles. The zero-order valence-corrected chi connectivity index (χ0v) is 12.3. The minimum Gasteiger partial charge on any atom is -0.374 e. The summed E-state index contributed by atoms with van der Waals surface area (Å²) in [5, 5.41) is 0. The number of amides is 1. The van der Waals surface area contributed by atoms with Gasteiger partial charge in [-0.1, -0.05) is 6.92 Å². The molecule has 0 aliphatic carbocycles. The first-order chi connectivity index (χ1) is 8.93. The van der Waals surface area contributed by atoms with Gasteiger partial charge in [0.05, 0.1) is 30.3 Å². The van der Waals surface area contributed by atoms with E-state index in [1.165, 1.54) is 0 Å². The van der Waals surface area contributed by atoms with Crippen molar-refractivity contribution in [2.24, 2.45) is 17.6 Å². The highest BCUT2D eigenvalue weighted by atomic mass is 16.5. The molecule has 0 bridgehead atoms. The zero-order chi connectivity index (χ0) is 14.2. The van der Waals surface area contributed by atoms with Crippen LogP contribution in [-0.4, -0.2) is 54.9 Å². The largest absolute Gasteiger partial charge is 0.374 e. The third-order valence-electron chi connectivity index (χ3n) is 4.43. The average Bonchev–Trinajstić information content (AvgIpc) is 2.61. The lowest BCUT2D eigenvalue weighted by Crippen LogP contribution is -2.54. The molecule has 0 radical (unpaired) electrons. The number of carbonyl (C=O) groups is 1. The van der Waals surface area contributed by atoms with Crippen molar-refractivity contribution < 1.29 is 14.3 Å². The first-order valence-electron chi connectivity index (χ1n) is 7.23. The molecule has 0 aromatic rings. The second-order valence-corrected chi connectivity index (χ2v) is 5.98. The second-order valence-electron chi connectivity index (χ2n) is 5.98. The van der Waals surface area contributed by atoms with E-state index in [0.717, 1.165) is 0 Å². The van der Waals surface area contributed by atoms with Gasteiger partial charge in [-0.25, -0.2) is 0 Å². The Kier molecular flexibility index (Phi) is 4.48. The first-order valence-corrected chi connectivity index (χ1v) is 7.23. The van der Waals surface area contributed by atoms with Crippen molar-refractivity contribution in [3.8, 4) is 0 Å². The van der Waals surface area contributed by atoms with Crippen molar-refractivity contribution in [3.63, 3.8) is 0 Å². The normalized spacial score (nSPS) is 43.5. The molecule has 6 atom stereocenters. The van der Waals surface area contributed by atoms with E-state index in [1.807, 2.05) is 25.7 Å². The third-order valence-corrected chi connectivity index (χ3v) is 4.43. The van der Waals surface area contributed by atoms with Gasteiger partial charge in [0.2, 0.25) is 5.91 Å². The molecule has 0 aromatic heterocycles. The molecule has 0 saturated carbocycles. The molecule has 2 N–H and O–H groups in total. The van der Waals surface area contributed by atoms with Crippen LogP contribution in [0.3, 0.4) is 0 Å². The van der Waals surface area contributed by atoms with E-state index in [4.69, 9.17) is 15.2 Å². The van der Waals surface area contributed by atoms with Crippen molar-refractivity contribution in [2.75, 3.05) is 19.6 Å². The van der Waals surface area contributed by atoms with E-state index in [-0.39, 0.29) is 42.2 Å². The van der Waals surface area contributed by atoms with Crippen LogP contribution in [0.2, 0.25) is 0 Å². The maximum Gasteiger partial charge on any atom is 0.228 e. The van der Waals surface area contributed by atoms with Gasteiger partial charge in [-0.3, -0.25) is 4.79 Å². The number of morpholine rings is 1. The minimum absolute atomic E-state index is 0.00743. The quantitative estimate of drug-likeness (QED) is 0.799. The van der Waals surface area contributed by atoms with Gasteiger partial charge in [-0.05, 0) is 26.7 Å². The van der Waals surface area contributed by atoms with Crippen LogP contribution in [0.1, 0.15) is 27.7 Å². The zero-order valence-electron chi connectivity index (χ0n) is 12.3. The molecule has 2 aliphatic heterocycles. The van der Waals surface area contributed by atoms with Crippen LogP contribution in [0.5, 0.6) is 0 Å². The number of hydrogen-bond donors (Lipinski definition) is 1. The highest BCUT2D eigenvalue weighted by Crippen LogP contribution is 2.34. The third kappa shape index (κ3) is 2.93. The van der Waals surface area contributed by atoms with Crippen molar-refractivity contribution in [3.05, 3.63) is 0 Å². The maximum absolute atomic E-state index is 12.7. The van der Waals surface area contributed by atoms with Crippen LogP contribution in [0, 0.1) is 11.8 Å². The van der Waals surface area contributed by atoms with Crippen LogP contribution in [0.15, 0.2) is 0 Å². The fourth-order valence-corrected chi connectivity index (χ4v) is 3.26. The van der Waals surface area contributed by atoms with Crippen LogP contribution in [-0.2, 0) is 14.3 Å². The summed E-state index contributed by atoms with van der Waals surface area (Å²) in [7, 11) is 0. The second kappa shape index (κ2) is 5.77. The Bertz CT molecular complexity index is 337. The van der Waals surface area contributed by atoms with Gasteiger partial charge < -0.3 is 20.1 Å². The van der Waals surface area contributed by atoms with E-state index >= 15 is 0 Å². The molecular weight excluding hydrogens is 244 g/mol. The van der Waals surface area contributed by atoms with E-state index in [1.54, 1.807) is 0 Å². The first kappa shape index (κ1) is 14.8. The fraction of sp³-hybridized carbons (Fsp3) is 0.929. The molecule has 0 aromatic carbocycles. The van der Waals surface area contributed by atoms with Gasteiger partial charge in [0.25, 0.3) is 0 Å². The summed E-state index contributed by atoms with van der Waals surface area (Å²) in [5.74, 6) is 0.411. The van der Waals surface area contributed by atoms with Crippen molar-refractivity contribution in [1.29, 1.82) is 0 Å². The Morgan fingerprint density at radius 3 is 2.37 bits per heavy atom. The van der Waals surface area contributed by atoms with Crippen LogP contribution >= 0.6 is 0 Å². The monoisotopic (exact) mass is 270 g/mol. The SMILES string of the molecule is CC1CN(C(=O)C2C(C)OC(C)C2C)CC(CN)O1. The molecule has 0 spiro atoms. The lowest BCUT2D eigenvalue weighted by atomic mass is 9.88. The van der Waals surface area contributed by atoms with Crippen LogP contribution in [0.25, 0.3) is 0 Å². The van der Waals surface area contributed by atoms with Gasteiger partial charge in [-0.2, -0.15) is 0 Å². The molecule has 5 heteroatoms. The minimum atomic E-state index is -0.0435. The Balaban J connectivity index is 2.06. The van der Waals surface area contributed by atoms with Crippen molar-refractivity contribution in [2.45, 2.75) is 52.1 Å². The summed E-state index contributed by atoms with van der Waals surface area (Å²) < 4.78 is 11.5. The molecule has 5 nitrogen and oxygen atoms in total. The number of rotatable bonds is 2. The standard InChI is InChI=1S/C14H26N2O3/c1-8-6-16(7-12(5-15)18-8)14(17)13-9(2)10(3)19-11(13)4/h8-13H,5-7,15H2,1-4H3. The fourth-order valence-electron chi connectivity index (χ4n) is 3.26. The van der Waals surface area contributed by atoms with E-state index in [9.17, 15) is 4.79 Å². The summed E-state index contributed by atoms with van der Waals surface area (Å²) in [4.78, 5) is 14.6. The predicted octanol–water partition coefficient (Wildman–Crippen LogP) is 0.621. The van der Waals surface area contributed by atoms with E-state index in [0.29, 0.717) is 19.6 Å². The van der Waals surface area contributed by atoms with Gasteiger partial charge in [0, 0.05) is 19.6 Å². The molecule has 6 unspecified atom stereocenters. The summed E-state index contributed by atoms with van der Waals surface area (Å²) in [6.45, 7) is 9.83. The Morgan fingerprint density at radius 1 is 1.16 bits per heavy atom.